The maximum Gasteiger partial charge on any atom is 0.534 e. The molecule has 0 N–H and O–H groups in total. The largest absolute Gasteiger partial charge is 0.534 e. The first-order valence-corrected chi connectivity index (χ1v) is 5.44. The number of hydrogen-bond acceptors (Lipinski definition) is 4. The van der Waals surface area contributed by atoms with Crippen molar-refractivity contribution in [2.24, 2.45) is 0 Å². The molecule has 1 aliphatic heterocycles. The molecule has 0 aromatic heterocycles. The maximum atomic E-state index is 11.9. The van der Waals surface area contributed by atoms with Gasteiger partial charge in [0.15, 0.2) is 0 Å². The molecule has 0 bridgehead atoms. The van der Waals surface area contributed by atoms with E-state index in [1.165, 1.54) is 6.08 Å². The lowest BCUT2D eigenvalue weighted by Crippen LogP contribution is -2.27. The minimum atomic E-state index is -5.54. The van der Waals surface area contributed by atoms with E-state index in [2.05, 4.69) is 4.18 Å². The third-order valence-corrected chi connectivity index (χ3v) is 2.68. The third kappa shape index (κ3) is 3.10. The summed E-state index contributed by atoms with van der Waals surface area (Å²) < 4.78 is 65.9. The Balaban J connectivity index is 2.75. The second-order valence-corrected chi connectivity index (χ2v) is 4.54. The van der Waals surface area contributed by atoms with Gasteiger partial charge in [0, 0.05) is 6.42 Å². The lowest BCUT2D eigenvalue weighted by atomic mass is 10.2. The average molecular weight is 246 g/mol. The second kappa shape index (κ2) is 4.01. The highest BCUT2D eigenvalue weighted by molar-refractivity contribution is 7.87. The molecule has 8 heteroatoms. The number of alkyl halides is 3. The Morgan fingerprint density at radius 3 is 2.60 bits per heavy atom. The van der Waals surface area contributed by atoms with Crippen LogP contribution < -0.4 is 0 Å². The molecule has 0 fully saturated rings. The summed E-state index contributed by atoms with van der Waals surface area (Å²) in [6.07, 6.45) is 0.826. The van der Waals surface area contributed by atoms with Gasteiger partial charge < -0.3 is 8.92 Å². The molecule has 1 unspecified atom stereocenters. The zero-order valence-electron chi connectivity index (χ0n) is 7.74. The van der Waals surface area contributed by atoms with Crippen molar-refractivity contribution in [3.05, 3.63) is 11.8 Å². The molecular weight excluding hydrogens is 237 g/mol. The van der Waals surface area contributed by atoms with Crippen LogP contribution in [0.5, 0.6) is 0 Å². The van der Waals surface area contributed by atoms with E-state index in [0.29, 0.717) is 0 Å². The quantitative estimate of drug-likeness (QED) is 0.548. The van der Waals surface area contributed by atoms with Crippen LogP contribution in [0.1, 0.15) is 13.3 Å². The van der Waals surface area contributed by atoms with Gasteiger partial charge in [0.1, 0.15) is 5.76 Å². The predicted octanol–water partition coefficient (Wildman–Crippen LogP) is 1.55. The number of ether oxygens (including phenoxy) is 1. The zero-order valence-corrected chi connectivity index (χ0v) is 8.56. The van der Waals surface area contributed by atoms with Crippen molar-refractivity contribution < 1.29 is 30.5 Å². The van der Waals surface area contributed by atoms with E-state index in [9.17, 15) is 21.6 Å². The Kier molecular flexibility index (Phi) is 3.29. The van der Waals surface area contributed by atoms with Crippen molar-refractivity contribution in [1.29, 1.82) is 0 Å². The van der Waals surface area contributed by atoms with E-state index in [1.54, 1.807) is 6.92 Å². The Hall–Kier alpha value is -0.760. The highest BCUT2D eigenvalue weighted by atomic mass is 32.2. The molecule has 1 aliphatic rings. The molecule has 0 saturated heterocycles. The van der Waals surface area contributed by atoms with Gasteiger partial charge in [-0.1, -0.05) is 0 Å². The summed E-state index contributed by atoms with van der Waals surface area (Å²) in [6, 6.07) is 0. The SMILES string of the molecule is CC1CC(OS(=O)(=O)C(F)(F)F)=CCO1. The Bertz CT molecular complexity index is 357. The van der Waals surface area contributed by atoms with E-state index >= 15 is 0 Å². The predicted molar refractivity (Wildman–Crippen MR) is 44.2 cm³/mol. The van der Waals surface area contributed by atoms with E-state index in [1.807, 2.05) is 0 Å². The van der Waals surface area contributed by atoms with Crippen molar-refractivity contribution >= 4 is 10.1 Å². The third-order valence-electron chi connectivity index (χ3n) is 1.68. The summed E-state index contributed by atoms with van der Waals surface area (Å²) in [7, 11) is -5.54. The first-order chi connectivity index (χ1) is 6.72. The number of halogens is 3. The van der Waals surface area contributed by atoms with Crippen molar-refractivity contribution in [1.82, 2.24) is 0 Å². The summed E-state index contributed by atoms with van der Waals surface area (Å²) in [5.41, 5.74) is -5.39. The molecule has 1 rings (SSSR count). The van der Waals surface area contributed by atoms with E-state index < -0.39 is 15.6 Å². The number of hydrogen-bond donors (Lipinski definition) is 0. The maximum absolute atomic E-state index is 11.9. The zero-order chi connectivity index (χ0) is 11.7. The Morgan fingerprint density at radius 1 is 1.53 bits per heavy atom. The second-order valence-electron chi connectivity index (χ2n) is 3.00. The molecule has 0 amide bonds. The standard InChI is InChI=1S/C7H9F3O4S/c1-5-4-6(2-3-13-5)14-15(11,12)7(8,9)10/h2,5H,3-4H2,1H3. The van der Waals surface area contributed by atoms with Crippen LogP contribution in [0.2, 0.25) is 0 Å². The van der Waals surface area contributed by atoms with Crippen molar-refractivity contribution in [3.63, 3.8) is 0 Å². The number of rotatable bonds is 2. The molecule has 4 nitrogen and oxygen atoms in total. The summed E-state index contributed by atoms with van der Waals surface area (Å²) in [4.78, 5) is 0. The van der Waals surface area contributed by atoms with Crippen LogP contribution in [0.3, 0.4) is 0 Å². The van der Waals surface area contributed by atoms with Crippen LogP contribution in [-0.4, -0.2) is 26.6 Å². The van der Waals surface area contributed by atoms with Gasteiger partial charge >= 0.3 is 15.6 Å². The van der Waals surface area contributed by atoms with Gasteiger partial charge in [0.05, 0.1) is 12.7 Å². The normalized spacial score (nSPS) is 23.5. The molecule has 0 aliphatic carbocycles. The molecule has 1 heterocycles. The van der Waals surface area contributed by atoms with Crippen LogP contribution in [0.15, 0.2) is 11.8 Å². The molecule has 15 heavy (non-hydrogen) atoms. The van der Waals surface area contributed by atoms with Crippen LogP contribution in [-0.2, 0) is 19.0 Å². The summed E-state index contributed by atoms with van der Waals surface area (Å²) >= 11 is 0. The summed E-state index contributed by atoms with van der Waals surface area (Å²) in [6.45, 7) is 1.65. The van der Waals surface area contributed by atoms with E-state index in [4.69, 9.17) is 4.74 Å². The summed E-state index contributed by atoms with van der Waals surface area (Å²) in [5, 5.41) is 0. The van der Waals surface area contributed by atoms with Crippen molar-refractivity contribution in [2.45, 2.75) is 25.0 Å². The smallest absolute Gasteiger partial charge is 0.381 e. The van der Waals surface area contributed by atoms with Gasteiger partial charge in [-0.3, -0.25) is 0 Å². The minimum absolute atomic E-state index is 0.00924. The Morgan fingerprint density at radius 2 is 2.13 bits per heavy atom. The van der Waals surface area contributed by atoms with Crippen molar-refractivity contribution in [2.75, 3.05) is 6.61 Å². The lowest BCUT2D eigenvalue weighted by molar-refractivity contribution is -0.0531. The minimum Gasteiger partial charge on any atom is -0.381 e. The highest BCUT2D eigenvalue weighted by Crippen LogP contribution is 2.28. The molecule has 88 valence electrons. The Labute approximate surface area is 84.8 Å². The summed E-state index contributed by atoms with van der Waals surface area (Å²) in [5.74, 6) is -0.230. The van der Waals surface area contributed by atoms with E-state index in [0.717, 1.165) is 0 Å². The van der Waals surface area contributed by atoms with Gasteiger partial charge in [0.2, 0.25) is 0 Å². The topological polar surface area (TPSA) is 52.6 Å². The molecule has 0 aromatic rings. The first-order valence-electron chi connectivity index (χ1n) is 4.04. The fourth-order valence-corrected chi connectivity index (χ4v) is 1.50. The molecule has 0 spiro atoms. The molecule has 0 saturated carbocycles. The van der Waals surface area contributed by atoms with Gasteiger partial charge in [-0.25, -0.2) is 0 Å². The molecular formula is C7H9F3O4S. The lowest BCUT2D eigenvalue weighted by Gasteiger charge is -2.20. The van der Waals surface area contributed by atoms with Gasteiger partial charge in [0.25, 0.3) is 0 Å². The fraction of sp³-hybridized carbons (Fsp3) is 0.714. The molecule has 0 radical (unpaired) electrons. The fourth-order valence-electron chi connectivity index (χ4n) is 0.987. The van der Waals surface area contributed by atoms with Crippen LogP contribution in [0.4, 0.5) is 13.2 Å². The van der Waals surface area contributed by atoms with Crippen LogP contribution in [0, 0.1) is 0 Å². The molecule has 1 atom stereocenters. The first kappa shape index (κ1) is 12.3. The molecule has 0 aromatic carbocycles. The average Bonchev–Trinajstić information content (AvgIpc) is 2.00. The van der Waals surface area contributed by atoms with Gasteiger partial charge in [-0.05, 0) is 13.0 Å². The van der Waals surface area contributed by atoms with E-state index in [-0.39, 0.29) is 24.9 Å². The van der Waals surface area contributed by atoms with Gasteiger partial charge in [-0.2, -0.15) is 21.6 Å². The van der Waals surface area contributed by atoms with Crippen LogP contribution in [0.25, 0.3) is 0 Å². The van der Waals surface area contributed by atoms with Crippen LogP contribution >= 0.6 is 0 Å². The van der Waals surface area contributed by atoms with Gasteiger partial charge in [-0.15, -0.1) is 0 Å². The van der Waals surface area contributed by atoms with Crippen molar-refractivity contribution in [3.8, 4) is 0 Å². The monoisotopic (exact) mass is 246 g/mol. The highest BCUT2D eigenvalue weighted by Gasteiger charge is 2.48.